The minimum Gasteiger partial charge on any atom is -0.457 e. The molecule has 100 valence electrons. The van der Waals surface area contributed by atoms with E-state index >= 15 is 0 Å². The van der Waals surface area contributed by atoms with Gasteiger partial charge in [-0.1, -0.05) is 18.2 Å². The number of rotatable bonds is 4. The maximum Gasteiger partial charge on any atom is 0.127 e. The molecular formula is C17H21NO. The molecule has 0 aliphatic heterocycles. The predicted molar refractivity (Wildman–Crippen MR) is 79.9 cm³/mol. The molecule has 2 heteroatoms. The highest BCUT2D eigenvalue weighted by atomic mass is 16.5. The molecule has 19 heavy (non-hydrogen) atoms. The van der Waals surface area contributed by atoms with Crippen LogP contribution in [0.25, 0.3) is 0 Å². The third-order valence-electron chi connectivity index (χ3n) is 3.53. The Kier molecular flexibility index (Phi) is 4.23. The van der Waals surface area contributed by atoms with E-state index in [-0.39, 0.29) is 0 Å². The Bertz CT molecular complexity index is 546. The van der Waals surface area contributed by atoms with Crippen LogP contribution in [-0.2, 0) is 0 Å². The molecule has 2 nitrogen and oxygen atoms in total. The van der Waals surface area contributed by atoms with Crippen LogP contribution in [0, 0.1) is 13.8 Å². The molecule has 1 N–H and O–H groups in total. The molecule has 0 saturated heterocycles. The highest BCUT2D eigenvalue weighted by Crippen LogP contribution is 2.25. The lowest BCUT2D eigenvalue weighted by molar-refractivity contribution is 0.481. The third kappa shape index (κ3) is 3.36. The van der Waals surface area contributed by atoms with E-state index in [0.29, 0.717) is 6.04 Å². The van der Waals surface area contributed by atoms with Gasteiger partial charge in [0.15, 0.2) is 0 Å². The molecule has 0 fully saturated rings. The summed E-state index contributed by atoms with van der Waals surface area (Å²) in [4.78, 5) is 0. The fraction of sp³-hybridized carbons (Fsp3) is 0.294. The van der Waals surface area contributed by atoms with E-state index in [2.05, 4.69) is 50.4 Å². The minimum absolute atomic E-state index is 0.357. The standard InChI is InChI=1S/C17H21NO/c1-12-5-8-17(11-13(12)2)19-16-9-6-15(7-10-16)14(3)18-4/h5-11,14,18H,1-4H3. The molecule has 0 aliphatic rings. The van der Waals surface area contributed by atoms with Crippen LogP contribution in [-0.4, -0.2) is 7.05 Å². The van der Waals surface area contributed by atoms with Gasteiger partial charge >= 0.3 is 0 Å². The first-order valence-electron chi connectivity index (χ1n) is 6.62. The molecule has 0 saturated carbocycles. The van der Waals surface area contributed by atoms with Crippen molar-refractivity contribution in [3.63, 3.8) is 0 Å². The van der Waals surface area contributed by atoms with Gasteiger partial charge < -0.3 is 10.1 Å². The topological polar surface area (TPSA) is 21.3 Å². The largest absolute Gasteiger partial charge is 0.457 e. The van der Waals surface area contributed by atoms with Crippen molar-refractivity contribution in [3.05, 3.63) is 59.2 Å². The van der Waals surface area contributed by atoms with Gasteiger partial charge in [-0.3, -0.25) is 0 Å². The lowest BCUT2D eigenvalue weighted by atomic mass is 10.1. The van der Waals surface area contributed by atoms with Gasteiger partial charge in [0.05, 0.1) is 0 Å². The Labute approximate surface area is 115 Å². The molecule has 2 aromatic rings. The molecular weight excluding hydrogens is 234 g/mol. The number of hydrogen-bond donors (Lipinski definition) is 1. The van der Waals surface area contributed by atoms with Crippen molar-refractivity contribution in [2.45, 2.75) is 26.8 Å². The van der Waals surface area contributed by atoms with Gasteiger partial charge in [-0.05, 0) is 68.8 Å². The van der Waals surface area contributed by atoms with E-state index in [0.717, 1.165) is 11.5 Å². The second-order valence-electron chi connectivity index (χ2n) is 4.93. The van der Waals surface area contributed by atoms with Crippen LogP contribution in [0.5, 0.6) is 11.5 Å². The summed E-state index contributed by atoms with van der Waals surface area (Å²) < 4.78 is 5.86. The highest BCUT2D eigenvalue weighted by Gasteiger charge is 2.03. The van der Waals surface area contributed by atoms with Crippen molar-refractivity contribution in [1.29, 1.82) is 0 Å². The average molecular weight is 255 g/mol. The molecule has 0 aromatic heterocycles. The van der Waals surface area contributed by atoms with Gasteiger partial charge in [0.2, 0.25) is 0 Å². The van der Waals surface area contributed by atoms with Gasteiger partial charge in [0, 0.05) is 6.04 Å². The Morgan fingerprint density at radius 1 is 0.895 bits per heavy atom. The first kappa shape index (κ1) is 13.6. The normalized spacial score (nSPS) is 12.2. The maximum atomic E-state index is 5.86. The molecule has 2 rings (SSSR count). The predicted octanol–water partition coefficient (Wildman–Crippen LogP) is 4.38. The Balaban J connectivity index is 2.12. The molecule has 1 atom stereocenters. The molecule has 0 bridgehead atoms. The summed E-state index contributed by atoms with van der Waals surface area (Å²) in [5.74, 6) is 1.76. The summed E-state index contributed by atoms with van der Waals surface area (Å²) in [6, 6.07) is 14.7. The number of ether oxygens (including phenoxy) is 1. The zero-order valence-corrected chi connectivity index (χ0v) is 12.0. The number of hydrogen-bond acceptors (Lipinski definition) is 2. The van der Waals surface area contributed by atoms with Gasteiger partial charge in [-0.25, -0.2) is 0 Å². The molecule has 1 unspecified atom stereocenters. The molecule has 0 radical (unpaired) electrons. The molecule has 0 heterocycles. The van der Waals surface area contributed by atoms with Crippen molar-refractivity contribution in [2.24, 2.45) is 0 Å². The zero-order chi connectivity index (χ0) is 13.8. The van der Waals surface area contributed by atoms with E-state index < -0.39 is 0 Å². The SMILES string of the molecule is CNC(C)c1ccc(Oc2ccc(C)c(C)c2)cc1. The second kappa shape index (κ2) is 5.89. The van der Waals surface area contributed by atoms with Gasteiger partial charge in [0.1, 0.15) is 11.5 Å². The number of aryl methyl sites for hydroxylation is 2. The monoisotopic (exact) mass is 255 g/mol. The fourth-order valence-electron chi connectivity index (χ4n) is 1.90. The lowest BCUT2D eigenvalue weighted by Crippen LogP contribution is -2.11. The highest BCUT2D eigenvalue weighted by molar-refractivity contribution is 5.38. The van der Waals surface area contributed by atoms with Crippen molar-refractivity contribution >= 4 is 0 Å². The van der Waals surface area contributed by atoms with E-state index in [9.17, 15) is 0 Å². The van der Waals surface area contributed by atoms with Crippen molar-refractivity contribution in [1.82, 2.24) is 5.32 Å². The van der Waals surface area contributed by atoms with Crippen LogP contribution in [0.3, 0.4) is 0 Å². The van der Waals surface area contributed by atoms with Crippen LogP contribution in [0.2, 0.25) is 0 Å². The van der Waals surface area contributed by atoms with Crippen molar-refractivity contribution in [3.8, 4) is 11.5 Å². The molecule has 0 spiro atoms. The quantitative estimate of drug-likeness (QED) is 0.875. The lowest BCUT2D eigenvalue weighted by Gasteiger charge is -2.12. The van der Waals surface area contributed by atoms with E-state index in [1.54, 1.807) is 0 Å². The Hall–Kier alpha value is -1.80. The summed E-state index contributed by atoms with van der Waals surface area (Å²) in [5, 5.41) is 3.22. The van der Waals surface area contributed by atoms with Crippen molar-refractivity contribution < 1.29 is 4.74 Å². The van der Waals surface area contributed by atoms with E-state index in [1.165, 1.54) is 16.7 Å². The number of nitrogens with one attached hydrogen (secondary N) is 1. The molecule has 2 aromatic carbocycles. The van der Waals surface area contributed by atoms with E-state index in [4.69, 9.17) is 4.74 Å². The summed E-state index contributed by atoms with van der Waals surface area (Å²) in [7, 11) is 1.96. The van der Waals surface area contributed by atoms with Crippen molar-refractivity contribution in [2.75, 3.05) is 7.05 Å². The smallest absolute Gasteiger partial charge is 0.127 e. The zero-order valence-electron chi connectivity index (χ0n) is 12.0. The second-order valence-corrected chi connectivity index (χ2v) is 4.93. The Morgan fingerprint density at radius 3 is 2.11 bits per heavy atom. The van der Waals surface area contributed by atoms with Gasteiger partial charge in [0.25, 0.3) is 0 Å². The van der Waals surface area contributed by atoms with Crippen LogP contribution >= 0.6 is 0 Å². The van der Waals surface area contributed by atoms with Crippen LogP contribution in [0.1, 0.15) is 29.7 Å². The summed E-state index contributed by atoms with van der Waals surface area (Å²) in [5.41, 5.74) is 3.79. The summed E-state index contributed by atoms with van der Waals surface area (Å²) >= 11 is 0. The number of benzene rings is 2. The first-order chi connectivity index (χ1) is 9.10. The average Bonchev–Trinajstić information content (AvgIpc) is 2.43. The van der Waals surface area contributed by atoms with E-state index in [1.807, 2.05) is 25.2 Å². The summed E-state index contributed by atoms with van der Waals surface area (Å²) in [6.45, 7) is 6.34. The van der Waals surface area contributed by atoms with Gasteiger partial charge in [-0.2, -0.15) is 0 Å². The molecule has 0 aliphatic carbocycles. The summed E-state index contributed by atoms with van der Waals surface area (Å²) in [6.07, 6.45) is 0. The van der Waals surface area contributed by atoms with Crippen LogP contribution in [0.4, 0.5) is 0 Å². The fourth-order valence-corrected chi connectivity index (χ4v) is 1.90. The molecule has 0 amide bonds. The minimum atomic E-state index is 0.357. The van der Waals surface area contributed by atoms with Gasteiger partial charge in [-0.15, -0.1) is 0 Å². The first-order valence-corrected chi connectivity index (χ1v) is 6.62. The third-order valence-corrected chi connectivity index (χ3v) is 3.53. The van der Waals surface area contributed by atoms with Crippen LogP contribution in [0.15, 0.2) is 42.5 Å². The maximum absolute atomic E-state index is 5.86. The Morgan fingerprint density at radius 2 is 1.53 bits per heavy atom. The van der Waals surface area contributed by atoms with Crippen LogP contribution < -0.4 is 10.1 Å².